The number of nitriles is 1. The molecule has 8 heteroatoms. The van der Waals surface area contributed by atoms with Crippen LogP contribution in [0, 0.1) is 18.3 Å². The Morgan fingerprint density at radius 2 is 1.85 bits per heavy atom. The summed E-state index contributed by atoms with van der Waals surface area (Å²) < 4.78 is 27.9. The lowest BCUT2D eigenvalue weighted by Gasteiger charge is -2.11. The number of nitrogens with one attached hydrogen (secondary N) is 2. The van der Waals surface area contributed by atoms with Gasteiger partial charge in [-0.2, -0.15) is 5.26 Å². The Morgan fingerprint density at radius 1 is 1.08 bits per heavy atom. The molecule has 0 unspecified atom stereocenters. The van der Waals surface area contributed by atoms with Crippen molar-refractivity contribution in [2.75, 3.05) is 18.4 Å². The molecule has 0 amide bonds. The van der Waals surface area contributed by atoms with E-state index in [-0.39, 0.29) is 11.4 Å². The van der Waals surface area contributed by atoms with Gasteiger partial charge in [-0.1, -0.05) is 6.07 Å². The Bertz CT molecular complexity index is 1090. The van der Waals surface area contributed by atoms with E-state index in [1.807, 2.05) is 13.0 Å². The molecule has 1 aromatic carbocycles. The molecule has 0 aliphatic carbocycles. The van der Waals surface area contributed by atoms with E-state index >= 15 is 0 Å². The van der Waals surface area contributed by atoms with Gasteiger partial charge in [-0.25, -0.2) is 18.1 Å². The number of aryl methyl sites for hydroxylation is 1. The summed E-state index contributed by atoms with van der Waals surface area (Å²) in [6.07, 6.45) is 3.21. The van der Waals surface area contributed by atoms with Gasteiger partial charge in [-0.3, -0.25) is 4.98 Å². The van der Waals surface area contributed by atoms with Crippen molar-refractivity contribution in [2.24, 2.45) is 0 Å². The van der Waals surface area contributed by atoms with E-state index in [1.165, 1.54) is 0 Å². The van der Waals surface area contributed by atoms with Gasteiger partial charge in [0, 0.05) is 30.9 Å². The highest BCUT2D eigenvalue weighted by Gasteiger charge is 2.18. The second kappa shape index (κ2) is 7.47. The molecule has 3 aromatic rings. The molecule has 0 bridgehead atoms. The predicted molar refractivity (Wildman–Crippen MR) is 99.1 cm³/mol. The van der Waals surface area contributed by atoms with E-state index < -0.39 is 10.0 Å². The van der Waals surface area contributed by atoms with Crippen LogP contribution in [0.1, 0.15) is 11.1 Å². The van der Waals surface area contributed by atoms with Crippen molar-refractivity contribution < 1.29 is 8.42 Å². The van der Waals surface area contributed by atoms with Crippen molar-refractivity contribution in [1.29, 1.82) is 5.26 Å². The van der Waals surface area contributed by atoms with E-state index in [9.17, 15) is 8.42 Å². The monoisotopic (exact) mass is 367 g/mol. The van der Waals surface area contributed by atoms with Crippen molar-refractivity contribution in [1.82, 2.24) is 14.7 Å². The van der Waals surface area contributed by atoms with Crippen LogP contribution in [0.5, 0.6) is 0 Å². The molecule has 7 nitrogen and oxygen atoms in total. The Morgan fingerprint density at radius 3 is 2.65 bits per heavy atom. The maximum Gasteiger partial charge on any atom is 0.241 e. The number of nitrogens with zero attached hydrogens (tertiary/aromatic N) is 3. The maximum atomic E-state index is 12.7. The molecule has 132 valence electrons. The van der Waals surface area contributed by atoms with Gasteiger partial charge in [-0.05, 0) is 42.8 Å². The normalized spacial score (nSPS) is 11.2. The lowest BCUT2D eigenvalue weighted by Crippen LogP contribution is -2.29. The molecule has 0 fully saturated rings. The quantitative estimate of drug-likeness (QED) is 0.647. The molecular weight excluding hydrogens is 350 g/mol. The number of fused-ring (bicyclic) bond motifs is 1. The molecule has 3 rings (SSSR count). The van der Waals surface area contributed by atoms with Crippen molar-refractivity contribution in [2.45, 2.75) is 11.8 Å². The average Bonchev–Trinajstić information content (AvgIpc) is 2.66. The lowest BCUT2D eigenvalue weighted by atomic mass is 10.1. The van der Waals surface area contributed by atoms with Gasteiger partial charge in [0.2, 0.25) is 10.0 Å². The minimum absolute atomic E-state index is 0.152. The molecular formula is C18H17N5O2S. The third-order valence-electron chi connectivity index (χ3n) is 3.86. The van der Waals surface area contributed by atoms with Gasteiger partial charge in [0.25, 0.3) is 0 Å². The fraction of sp³-hybridized carbons (Fsp3) is 0.167. The zero-order valence-corrected chi connectivity index (χ0v) is 14.9. The molecule has 2 N–H and O–H groups in total. The number of pyridine rings is 2. The van der Waals surface area contributed by atoms with E-state index in [2.05, 4.69) is 20.0 Å². The zero-order valence-electron chi connectivity index (χ0n) is 14.1. The topological polar surface area (TPSA) is 108 Å². The molecule has 2 aromatic heterocycles. The average molecular weight is 367 g/mol. The number of benzene rings is 1. The van der Waals surface area contributed by atoms with Crippen LogP contribution in [0.2, 0.25) is 0 Å². The van der Waals surface area contributed by atoms with Crippen LogP contribution in [0.15, 0.2) is 53.7 Å². The highest BCUT2D eigenvalue weighted by Crippen LogP contribution is 2.23. The van der Waals surface area contributed by atoms with Gasteiger partial charge in [0.15, 0.2) is 0 Å². The second-order valence-electron chi connectivity index (χ2n) is 5.62. The standard InChI is InChI=1S/C18H17N5O2S/c1-13-6-7-16(15-5-3-8-20-17(13)15)26(24,25)23-11-10-22-18-14(12-19)4-2-9-21-18/h2-9,23H,10-11H2,1H3,(H,21,22). The maximum absolute atomic E-state index is 12.7. The summed E-state index contributed by atoms with van der Waals surface area (Å²) in [5, 5.41) is 12.6. The fourth-order valence-corrected chi connectivity index (χ4v) is 3.83. The Hall–Kier alpha value is -3.02. The number of sulfonamides is 1. The van der Waals surface area contributed by atoms with Crippen LogP contribution in [-0.2, 0) is 10.0 Å². The van der Waals surface area contributed by atoms with Crippen molar-refractivity contribution in [3.63, 3.8) is 0 Å². The molecule has 0 saturated heterocycles. The number of hydrogen-bond acceptors (Lipinski definition) is 6. The molecule has 2 heterocycles. The first-order valence-electron chi connectivity index (χ1n) is 7.96. The second-order valence-corrected chi connectivity index (χ2v) is 7.35. The summed E-state index contributed by atoms with van der Waals surface area (Å²) in [5.41, 5.74) is 1.99. The molecule has 0 spiro atoms. The first-order valence-corrected chi connectivity index (χ1v) is 9.44. The fourth-order valence-electron chi connectivity index (χ4n) is 2.60. The smallest absolute Gasteiger partial charge is 0.241 e. The summed E-state index contributed by atoms with van der Waals surface area (Å²) in [5.74, 6) is 0.430. The van der Waals surface area contributed by atoms with Gasteiger partial charge < -0.3 is 5.32 Å². The summed E-state index contributed by atoms with van der Waals surface area (Å²) >= 11 is 0. The Balaban J connectivity index is 1.73. The van der Waals surface area contributed by atoms with Gasteiger partial charge in [-0.15, -0.1) is 0 Å². The van der Waals surface area contributed by atoms with E-state index in [0.717, 1.165) is 5.56 Å². The van der Waals surface area contributed by atoms with E-state index in [1.54, 1.807) is 48.8 Å². The molecule has 26 heavy (non-hydrogen) atoms. The van der Waals surface area contributed by atoms with E-state index in [0.29, 0.717) is 28.8 Å². The zero-order chi connectivity index (χ0) is 18.6. The summed E-state index contributed by atoms with van der Waals surface area (Å²) in [6.45, 7) is 2.34. The number of aromatic nitrogens is 2. The largest absolute Gasteiger partial charge is 0.368 e. The molecule has 0 saturated carbocycles. The van der Waals surface area contributed by atoms with Gasteiger partial charge in [0.05, 0.1) is 16.0 Å². The number of hydrogen-bond donors (Lipinski definition) is 2. The first kappa shape index (κ1) is 17.8. The Labute approximate surface area is 151 Å². The van der Waals surface area contributed by atoms with Gasteiger partial charge in [0.1, 0.15) is 11.9 Å². The molecule has 0 atom stereocenters. The summed E-state index contributed by atoms with van der Waals surface area (Å²) in [6, 6.07) is 12.1. The van der Waals surface area contributed by atoms with E-state index in [4.69, 9.17) is 5.26 Å². The SMILES string of the molecule is Cc1ccc(S(=O)(=O)NCCNc2ncccc2C#N)c2cccnc12. The molecule has 0 radical (unpaired) electrons. The molecule has 0 aliphatic rings. The van der Waals surface area contributed by atoms with Crippen LogP contribution in [-0.4, -0.2) is 31.5 Å². The third kappa shape index (κ3) is 3.64. The highest BCUT2D eigenvalue weighted by molar-refractivity contribution is 7.89. The Kier molecular flexibility index (Phi) is 5.11. The van der Waals surface area contributed by atoms with Gasteiger partial charge >= 0.3 is 0 Å². The lowest BCUT2D eigenvalue weighted by molar-refractivity contribution is 0.583. The van der Waals surface area contributed by atoms with Crippen LogP contribution in [0.4, 0.5) is 5.82 Å². The predicted octanol–water partition coefficient (Wildman–Crippen LogP) is 2.20. The van der Waals surface area contributed by atoms with Crippen LogP contribution >= 0.6 is 0 Å². The number of anilines is 1. The van der Waals surface area contributed by atoms with Crippen LogP contribution in [0.25, 0.3) is 10.9 Å². The van der Waals surface area contributed by atoms with Crippen molar-refractivity contribution in [3.05, 3.63) is 59.9 Å². The third-order valence-corrected chi connectivity index (χ3v) is 5.38. The van der Waals surface area contributed by atoms with Crippen molar-refractivity contribution >= 4 is 26.7 Å². The van der Waals surface area contributed by atoms with Crippen LogP contribution < -0.4 is 10.0 Å². The molecule has 0 aliphatic heterocycles. The minimum atomic E-state index is -3.69. The summed E-state index contributed by atoms with van der Waals surface area (Å²) in [4.78, 5) is 8.54. The summed E-state index contributed by atoms with van der Waals surface area (Å²) in [7, 11) is -3.69. The first-order chi connectivity index (χ1) is 12.5. The van der Waals surface area contributed by atoms with Crippen molar-refractivity contribution in [3.8, 4) is 6.07 Å². The number of rotatable bonds is 6. The highest BCUT2D eigenvalue weighted by atomic mass is 32.2. The minimum Gasteiger partial charge on any atom is -0.368 e. The van der Waals surface area contributed by atoms with Crippen LogP contribution in [0.3, 0.4) is 0 Å².